The summed E-state index contributed by atoms with van der Waals surface area (Å²) in [5.74, 6) is 0. The summed E-state index contributed by atoms with van der Waals surface area (Å²) in [5, 5.41) is 0. The van der Waals surface area contributed by atoms with Crippen molar-refractivity contribution in [3.63, 3.8) is 0 Å². The molecule has 0 amide bonds. The Labute approximate surface area is 146 Å². The number of unbranched alkanes of at least 4 members (excludes halogenated alkanes) is 1. The molecule has 0 aromatic heterocycles. The van der Waals surface area contributed by atoms with Crippen LogP contribution in [0.1, 0.15) is 19.8 Å². The van der Waals surface area contributed by atoms with Crippen LogP contribution >= 0.6 is 0 Å². The molecular weight excluding hydrogens is 316 g/mol. The predicted molar refractivity (Wildman–Crippen MR) is 91.7 cm³/mol. The van der Waals surface area contributed by atoms with Crippen LogP contribution in [0.25, 0.3) is 0 Å². The third-order valence-electron chi connectivity index (χ3n) is 2.95. The average molecular weight is 352 g/mol. The number of rotatable bonds is 21. The molecule has 0 aliphatic heterocycles. The Morgan fingerprint density at radius 1 is 0.417 bits per heavy atom. The van der Waals surface area contributed by atoms with Crippen molar-refractivity contribution in [3.8, 4) is 0 Å². The van der Waals surface area contributed by atoms with E-state index in [2.05, 4.69) is 0 Å². The molecule has 0 unspecified atom stereocenters. The zero-order valence-electron chi connectivity index (χ0n) is 15.5. The molecule has 7 nitrogen and oxygen atoms in total. The highest BCUT2D eigenvalue weighted by Gasteiger charge is 1.94. The van der Waals surface area contributed by atoms with Crippen molar-refractivity contribution in [2.75, 3.05) is 93.0 Å². The van der Waals surface area contributed by atoms with Gasteiger partial charge in [-0.05, 0) is 19.8 Å². The lowest BCUT2D eigenvalue weighted by Gasteiger charge is -2.07. The minimum absolute atomic E-state index is 0.591. The van der Waals surface area contributed by atoms with Crippen LogP contribution in [0, 0.1) is 0 Å². The second-order valence-corrected chi connectivity index (χ2v) is 4.96. The standard InChI is InChI=1S/C17H36O7/c1-3-19-10-11-23-14-12-20-6-4-5-7-21-13-15-24-17-16-22-9-8-18-2/h3-17H2,1-2H3. The molecule has 146 valence electrons. The van der Waals surface area contributed by atoms with E-state index in [4.69, 9.17) is 33.2 Å². The van der Waals surface area contributed by atoms with Gasteiger partial charge in [0.25, 0.3) is 0 Å². The van der Waals surface area contributed by atoms with Crippen molar-refractivity contribution in [2.45, 2.75) is 19.8 Å². The molecule has 0 aromatic carbocycles. The maximum atomic E-state index is 5.48. The van der Waals surface area contributed by atoms with E-state index in [-0.39, 0.29) is 0 Å². The number of hydrogen-bond acceptors (Lipinski definition) is 7. The normalized spacial score (nSPS) is 11.2. The van der Waals surface area contributed by atoms with Crippen LogP contribution in [0.4, 0.5) is 0 Å². The summed E-state index contributed by atoms with van der Waals surface area (Å²) >= 11 is 0. The highest BCUT2D eigenvalue weighted by Crippen LogP contribution is 1.92. The summed E-state index contributed by atoms with van der Waals surface area (Å²) in [6.45, 7) is 10.4. The molecule has 24 heavy (non-hydrogen) atoms. The van der Waals surface area contributed by atoms with Gasteiger partial charge in [0.1, 0.15) is 0 Å². The Hall–Kier alpha value is -0.280. The first-order valence-corrected chi connectivity index (χ1v) is 8.87. The van der Waals surface area contributed by atoms with Gasteiger partial charge in [0.05, 0.1) is 66.1 Å². The fourth-order valence-electron chi connectivity index (χ4n) is 1.68. The Morgan fingerprint density at radius 2 is 0.750 bits per heavy atom. The summed E-state index contributed by atoms with van der Waals surface area (Å²) in [7, 11) is 1.66. The van der Waals surface area contributed by atoms with Crippen molar-refractivity contribution >= 4 is 0 Å². The Kier molecular flexibility index (Phi) is 22.5. The van der Waals surface area contributed by atoms with Gasteiger partial charge in [0.15, 0.2) is 0 Å². The highest BCUT2D eigenvalue weighted by molar-refractivity contribution is 4.40. The van der Waals surface area contributed by atoms with Crippen molar-refractivity contribution in [1.82, 2.24) is 0 Å². The van der Waals surface area contributed by atoms with Gasteiger partial charge in [-0.2, -0.15) is 0 Å². The highest BCUT2D eigenvalue weighted by atomic mass is 16.6. The molecule has 0 bridgehead atoms. The second kappa shape index (κ2) is 22.7. The van der Waals surface area contributed by atoms with E-state index in [1.165, 1.54) is 0 Å². The van der Waals surface area contributed by atoms with Crippen LogP contribution in [0.3, 0.4) is 0 Å². The molecule has 0 spiro atoms. The van der Waals surface area contributed by atoms with Gasteiger partial charge < -0.3 is 33.2 Å². The lowest BCUT2D eigenvalue weighted by molar-refractivity contribution is 0.00103. The molecular formula is C17H36O7. The van der Waals surface area contributed by atoms with Crippen molar-refractivity contribution in [3.05, 3.63) is 0 Å². The van der Waals surface area contributed by atoms with Crippen molar-refractivity contribution in [2.24, 2.45) is 0 Å². The van der Waals surface area contributed by atoms with E-state index in [0.717, 1.165) is 32.7 Å². The SMILES string of the molecule is CCOCCOCCOCCCCOCCOCCOCCOC. The minimum atomic E-state index is 0.591. The Morgan fingerprint density at radius 3 is 1.12 bits per heavy atom. The maximum absolute atomic E-state index is 5.48. The Balaban J connectivity index is 2.93. The van der Waals surface area contributed by atoms with Crippen molar-refractivity contribution in [1.29, 1.82) is 0 Å². The zero-order valence-corrected chi connectivity index (χ0v) is 15.5. The molecule has 0 saturated carbocycles. The van der Waals surface area contributed by atoms with Crippen molar-refractivity contribution < 1.29 is 33.2 Å². The molecule has 0 radical (unpaired) electrons. The van der Waals surface area contributed by atoms with Crippen LogP contribution in [0.2, 0.25) is 0 Å². The van der Waals surface area contributed by atoms with Gasteiger partial charge in [-0.25, -0.2) is 0 Å². The van der Waals surface area contributed by atoms with E-state index >= 15 is 0 Å². The van der Waals surface area contributed by atoms with Crippen LogP contribution in [-0.4, -0.2) is 93.0 Å². The summed E-state index contributed by atoms with van der Waals surface area (Å²) < 4.78 is 37.0. The lowest BCUT2D eigenvalue weighted by atomic mass is 10.3. The van der Waals surface area contributed by atoms with Gasteiger partial charge in [-0.3, -0.25) is 0 Å². The van der Waals surface area contributed by atoms with E-state index in [0.29, 0.717) is 66.1 Å². The summed E-state index contributed by atoms with van der Waals surface area (Å²) in [6, 6.07) is 0. The van der Waals surface area contributed by atoms with Gasteiger partial charge in [0.2, 0.25) is 0 Å². The molecule has 0 heterocycles. The van der Waals surface area contributed by atoms with Gasteiger partial charge in [0, 0.05) is 26.9 Å². The van der Waals surface area contributed by atoms with Crippen LogP contribution in [0.5, 0.6) is 0 Å². The smallest absolute Gasteiger partial charge is 0.0701 e. The quantitative estimate of drug-likeness (QED) is 0.290. The maximum Gasteiger partial charge on any atom is 0.0701 e. The molecule has 0 aliphatic carbocycles. The monoisotopic (exact) mass is 352 g/mol. The fourth-order valence-corrected chi connectivity index (χ4v) is 1.68. The first-order chi connectivity index (χ1) is 11.9. The van der Waals surface area contributed by atoms with Crippen LogP contribution in [-0.2, 0) is 33.2 Å². The van der Waals surface area contributed by atoms with Gasteiger partial charge in [-0.1, -0.05) is 0 Å². The number of ether oxygens (including phenoxy) is 7. The molecule has 0 fully saturated rings. The molecule has 0 saturated heterocycles. The third kappa shape index (κ3) is 21.7. The van der Waals surface area contributed by atoms with Crippen LogP contribution in [0.15, 0.2) is 0 Å². The summed E-state index contributed by atoms with van der Waals surface area (Å²) in [4.78, 5) is 0. The van der Waals surface area contributed by atoms with E-state index in [9.17, 15) is 0 Å². The molecule has 0 N–H and O–H groups in total. The summed E-state index contributed by atoms with van der Waals surface area (Å²) in [6.07, 6.45) is 1.98. The Bertz CT molecular complexity index is 195. The molecule has 0 atom stereocenters. The first-order valence-electron chi connectivity index (χ1n) is 8.87. The van der Waals surface area contributed by atoms with E-state index in [1.807, 2.05) is 6.92 Å². The van der Waals surface area contributed by atoms with E-state index < -0.39 is 0 Å². The fraction of sp³-hybridized carbons (Fsp3) is 1.00. The van der Waals surface area contributed by atoms with Gasteiger partial charge >= 0.3 is 0 Å². The lowest BCUT2D eigenvalue weighted by Crippen LogP contribution is -2.12. The van der Waals surface area contributed by atoms with E-state index in [1.54, 1.807) is 7.11 Å². The van der Waals surface area contributed by atoms with Gasteiger partial charge in [-0.15, -0.1) is 0 Å². The predicted octanol–water partition coefficient (Wildman–Crippen LogP) is 1.53. The minimum Gasteiger partial charge on any atom is -0.382 e. The second-order valence-electron chi connectivity index (χ2n) is 4.96. The third-order valence-corrected chi connectivity index (χ3v) is 2.95. The summed E-state index contributed by atoms with van der Waals surface area (Å²) in [5.41, 5.74) is 0. The first kappa shape index (κ1) is 23.7. The molecule has 0 rings (SSSR count). The van der Waals surface area contributed by atoms with Crippen LogP contribution < -0.4 is 0 Å². The average Bonchev–Trinajstić information content (AvgIpc) is 2.60. The molecule has 0 aromatic rings. The topological polar surface area (TPSA) is 64.6 Å². The number of hydrogen-bond donors (Lipinski definition) is 0. The zero-order chi connectivity index (χ0) is 17.6. The number of methoxy groups -OCH3 is 1. The molecule has 0 aliphatic rings. The largest absolute Gasteiger partial charge is 0.382 e. The molecule has 7 heteroatoms.